The molecule has 2 fully saturated rings. The van der Waals surface area contributed by atoms with Crippen molar-refractivity contribution < 1.29 is 14.4 Å². The maximum atomic E-state index is 12.6. The number of urea groups is 1. The van der Waals surface area contributed by atoms with Crippen LogP contribution in [0.25, 0.3) is 0 Å². The molecule has 0 unspecified atom stereocenters. The number of nitrogens with zero attached hydrogens (tertiary/aromatic N) is 2. The number of amides is 4. The van der Waals surface area contributed by atoms with Crippen LogP contribution in [0.5, 0.6) is 0 Å². The predicted molar refractivity (Wildman–Crippen MR) is 90.6 cm³/mol. The summed E-state index contributed by atoms with van der Waals surface area (Å²) in [6.45, 7) is -0.309. The van der Waals surface area contributed by atoms with Crippen LogP contribution in [0.2, 0.25) is 0 Å². The molecule has 1 saturated heterocycles. The summed E-state index contributed by atoms with van der Waals surface area (Å²) >= 11 is 0. The van der Waals surface area contributed by atoms with Crippen molar-refractivity contribution in [2.75, 3.05) is 17.6 Å². The summed E-state index contributed by atoms with van der Waals surface area (Å²) in [7, 11) is 0. The molecule has 1 saturated carbocycles. The number of halogens is 1. The van der Waals surface area contributed by atoms with Crippen molar-refractivity contribution in [1.29, 1.82) is 0 Å². The van der Waals surface area contributed by atoms with Crippen LogP contribution in [0.1, 0.15) is 32.1 Å². The molecule has 0 radical (unpaired) electrons. The molecule has 4 N–H and O–H groups in total. The standard InChI is InChI=1S/C15H19N5O3.ClH/c16-11-5-4-10(8-17-11)18-12(21)9-20-13(22)15(19-14(20)23)6-2-1-3-7-15;/h4-5,8H,1-3,6-7,9H2,(H2,16,17)(H,18,21)(H,19,23);1H. The molecule has 3 rings (SSSR count). The Bertz CT molecular complexity index is 643. The predicted octanol–water partition coefficient (Wildman–Crippen LogP) is 1.28. The Balaban J connectivity index is 0.00000208. The van der Waals surface area contributed by atoms with E-state index in [0.717, 1.165) is 24.2 Å². The zero-order valence-electron chi connectivity index (χ0n) is 13.1. The Hall–Kier alpha value is -2.35. The number of hydrogen-bond donors (Lipinski definition) is 3. The molecule has 1 aromatic heterocycles. The van der Waals surface area contributed by atoms with E-state index in [1.54, 1.807) is 12.1 Å². The van der Waals surface area contributed by atoms with Gasteiger partial charge in [0.1, 0.15) is 17.9 Å². The fourth-order valence-electron chi connectivity index (χ4n) is 3.14. The van der Waals surface area contributed by atoms with Gasteiger partial charge in [0, 0.05) is 0 Å². The van der Waals surface area contributed by atoms with Gasteiger partial charge in [0.15, 0.2) is 0 Å². The van der Waals surface area contributed by atoms with Gasteiger partial charge in [-0.2, -0.15) is 0 Å². The summed E-state index contributed by atoms with van der Waals surface area (Å²) in [5.74, 6) is -0.406. The minimum absolute atomic E-state index is 0. The molecule has 130 valence electrons. The van der Waals surface area contributed by atoms with E-state index in [0.29, 0.717) is 24.3 Å². The molecule has 0 bridgehead atoms. The van der Waals surface area contributed by atoms with E-state index < -0.39 is 17.5 Å². The first-order valence-electron chi connectivity index (χ1n) is 7.66. The highest BCUT2D eigenvalue weighted by atomic mass is 35.5. The third-order valence-corrected chi connectivity index (χ3v) is 4.32. The molecule has 1 aliphatic heterocycles. The fraction of sp³-hybridized carbons (Fsp3) is 0.467. The number of carbonyl (C=O) groups excluding carboxylic acids is 3. The summed E-state index contributed by atoms with van der Waals surface area (Å²) in [5, 5.41) is 5.37. The quantitative estimate of drug-likeness (QED) is 0.707. The largest absolute Gasteiger partial charge is 0.384 e. The van der Waals surface area contributed by atoms with Gasteiger partial charge in [-0.25, -0.2) is 9.78 Å². The van der Waals surface area contributed by atoms with Crippen molar-refractivity contribution in [3.63, 3.8) is 0 Å². The molecule has 4 amide bonds. The Morgan fingerprint density at radius 3 is 2.62 bits per heavy atom. The summed E-state index contributed by atoms with van der Waals surface area (Å²) in [4.78, 5) is 41.6. The Morgan fingerprint density at radius 2 is 2.00 bits per heavy atom. The molecule has 1 aliphatic carbocycles. The van der Waals surface area contributed by atoms with E-state index in [4.69, 9.17) is 5.73 Å². The second-order valence-corrected chi connectivity index (χ2v) is 5.98. The highest BCUT2D eigenvalue weighted by Gasteiger charge is 2.51. The van der Waals surface area contributed by atoms with Gasteiger partial charge in [-0.3, -0.25) is 14.5 Å². The molecule has 8 nitrogen and oxygen atoms in total. The first-order chi connectivity index (χ1) is 11.0. The van der Waals surface area contributed by atoms with Gasteiger partial charge in [0.05, 0.1) is 11.9 Å². The summed E-state index contributed by atoms with van der Waals surface area (Å²) < 4.78 is 0. The van der Waals surface area contributed by atoms with Crippen LogP contribution < -0.4 is 16.4 Å². The molecule has 24 heavy (non-hydrogen) atoms. The van der Waals surface area contributed by atoms with Crippen molar-refractivity contribution in [3.8, 4) is 0 Å². The first-order valence-corrected chi connectivity index (χ1v) is 7.66. The Morgan fingerprint density at radius 1 is 1.29 bits per heavy atom. The van der Waals surface area contributed by atoms with Crippen LogP contribution in [0.4, 0.5) is 16.3 Å². The lowest BCUT2D eigenvalue weighted by Gasteiger charge is -2.30. The highest BCUT2D eigenvalue weighted by Crippen LogP contribution is 2.33. The van der Waals surface area contributed by atoms with E-state index >= 15 is 0 Å². The zero-order valence-corrected chi connectivity index (χ0v) is 13.9. The van der Waals surface area contributed by atoms with E-state index in [1.165, 1.54) is 6.20 Å². The maximum Gasteiger partial charge on any atom is 0.325 e. The van der Waals surface area contributed by atoms with E-state index in [-0.39, 0.29) is 24.9 Å². The smallest absolute Gasteiger partial charge is 0.325 e. The van der Waals surface area contributed by atoms with Gasteiger partial charge in [-0.1, -0.05) is 19.3 Å². The number of pyridine rings is 1. The molecule has 0 aromatic carbocycles. The number of nitrogens with one attached hydrogen (secondary N) is 2. The average Bonchev–Trinajstić information content (AvgIpc) is 2.75. The maximum absolute atomic E-state index is 12.6. The van der Waals surface area contributed by atoms with Gasteiger partial charge >= 0.3 is 6.03 Å². The lowest BCUT2D eigenvalue weighted by molar-refractivity contribution is -0.134. The summed E-state index contributed by atoms with van der Waals surface area (Å²) in [6, 6.07) is 2.66. The highest BCUT2D eigenvalue weighted by molar-refractivity contribution is 6.10. The number of carbonyl (C=O) groups is 3. The Kier molecular flexibility index (Phi) is 5.28. The van der Waals surface area contributed by atoms with Crippen LogP contribution in [-0.2, 0) is 9.59 Å². The van der Waals surface area contributed by atoms with Crippen molar-refractivity contribution in [1.82, 2.24) is 15.2 Å². The monoisotopic (exact) mass is 353 g/mol. The molecule has 0 atom stereocenters. The molecule has 1 aromatic rings. The number of aromatic nitrogens is 1. The van der Waals surface area contributed by atoms with Gasteiger partial charge < -0.3 is 16.4 Å². The number of hydrogen-bond acceptors (Lipinski definition) is 5. The van der Waals surface area contributed by atoms with Crippen molar-refractivity contribution >= 4 is 41.8 Å². The minimum atomic E-state index is -0.807. The van der Waals surface area contributed by atoms with Crippen LogP contribution in [-0.4, -0.2) is 39.8 Å². The minimum Gasteiger partial charge on any atom is -0.384 e. The van der Waals surface area contributed by atoms with Gasteiger partial charge in [0.25, 0.3) is 5.91 Å². The summed E-state index contributed by atoms with van der Waals surface area (Å²) in [6.07, 6.45) is 5.57. The first kappa shape index (κ1) is 18.0. The number of rotatable bonds is 3. The number of anilines is 2. The average molecular weight is 354 g/mol. The molecular formula is C15H20ClN5O3. The van der Waals surface area contributed by atoms with Crippen LogP contribution in [0.15, 0.2) is 18.3 Å². The zero-order chi connectivity index (χ0) is 16.4. The van der Waals surface area contributed by atoms with Crippen molar-refractivity contribution in [2.45, 2.75) is 37.6 Å². The number of nitrogen functional groups attached to an aromatic ring is 1. The van der Waals surface area contributed by atoms with Gasteiger partial charge in [0.2, 0.25) is 5.91 Å². The van der Waals surface area contributed by atoms with Gasteiger partial charge in [-0.05, 0) is 25.0 Å². The lowest BCUT2D eigenvalue weighted by atomic mass is 9.82. The van der Waals surface area contributed by atoms with Crippen molar-refractivity contribution in [3.05, 3.63) is 18.3 Å². The number of nitrogens with two attached hydrogens (primary N) is 1. The fourth-order valence-corrected chi connectivity index (χ4v) is 3.14. The third-order valence-electron chi connectivity index (χ3n) is 4.32. The number of imide groups is 1. The van der Waals surface area contributed by atoms with Crippen LogP contribution in [0, 0.1) is 0 Å². The van der Waals surface area contributed by atoms with E-state index in [9.17, 15) is 14.4 Å². The molecule has 1 spiro atoms. The molecule has 9 heteroatoms. The SMILES string of the molecule is Cl.Nc1ccc(NC(=O)CN2C(=O)NC3(CCCCC3)C2=O)cn1. The molecular weight excluding hydrogens is 334 g/mol. The van der Waals surface area contributed by atoms with Crippen LogP contribution in [0.3, 0.4) is 0 Å². The van der Waals surface area contributed by atoms with Crippen molar-refractivity contribution in [2.24, 2.45) is 0 Å². The Labute approximate surface area is 145 Å². The topological polar surface area (TPSA) is 117 Å². The van der Waals surface area contributed by atoms with Crippen LogP contribution >= 0.6 is 12.4 Å². The van der Waals surface area contributed by atoms with Gasteiger partial charge in [-0.15, -0.1) is 12.4 Å². The van der Waals surface area contributed by atoms with E-state index in [1.807, 2.05) is 0 Å². The second kappa shape index (κ2) is 7.04. The lowest BCUT2D eigenvalue weighted by Crippen LogP contribution is -2.48. The molecule has 2 aliphatic rings. The third kappa shape index (κ3) is 3.43. The normalized spacial score (nSPS) is 18.9. The second-order valence-electron chi connectivity index (χ2n) is 5.98. The molecule has 2 heterocycles. The van der Waals surface area contributed by atoms with E-state index in [2.05, 4.69) is 15.6 Å². The summed E-state index contributed by atoms with van der Waals surface area (Å²) in [5.41, 5.74) is 5.13.